The summed E-state index contributed by atoms with van der Waals surface area (Å²) in [4.78, 5) is 22.3. The zero-order valence-electron chi connectivity index (χ0n) is 13.1. The van der Waals surface area contributed by atoms with Crippen LogP contribution >= 0.6 is 11.5 Å². The van der Waals surface area contributed by atoms with E-state index in [0.717, 1.165) is 37.4 Å². The third kappa shape index (κ3) is 2.64. The average molecular weight is 329 g/mol. The lowest BCUT2D eigenvalue weighted by atomic mass is 10.1. The molecule has 0 unspecified atom stereocenters. The third-order valence-electron chi connectivity index (χ3n) is 4.92. The van der Waals surface area contributed by atoms with Crippen molar-refractivity contribution in [3.8, 4) is 0 Å². The summed E-state index contributed by atoms with van der Waals surface area (Å²) < 4.78 is 3.90. The standard InChI is InChI=1S/C16H19N5OS/c1-11-15(18-19-23-11)16(22)21-8-5-13-14(21)4-7-20(13)10-12-3-2-6-17-9-12/h2-3,6,9,13-14H,4-5,7-8,10H2,1H3/t13-,14+/m0/s1. The van der Waals surface area contributed by atoms with Gasteiger partial charge in [-0.05, 0) is 42.9 Å². The van der Waals surface area contributed by atoms with Gasteiger partial charge in [-0.25, -0.2) is 0 Å². The third-order valence-corrected chi connectivity index (χ3v) is 5.55. The van der Waals surface area contributed by atoms with Gasteiger partial charge in [-0.15, -0.1) is 5.10 Å². The van der Waals surface area contributed by atoms with Gasteiger partial charge in [0.1, 0.15) is 0 Å². The first-order valence-electron chi connectivity index (χ1n) is 7.97. The molecule has 7 heteroatoms. The molecule has 0 spiro atoms. The molecule has 120 valence electrons. The number of amides is 1. The number of hydrogen-bond donors (Lipinski definition) is 0. The fourth-order valence-corrected chi connectivity index (χ4v) is 4.28. The van der Waals surface area contributed by atoms with Gasteiger partial charge in [-0.2, -0.15) is 0 Å². The molecule has 0 aromatic carbocycles. The minimum absolute atomic E-state index is 0.0481. The summed E-state index contributed by atoms with van der Waals surface area (Å²) in [5.41, 5.74) is 1.76. The van der Waals surface area contributed by atoms with Crippen LogP contribution in [0, 0.1) is 6.92 Å². The van der Waals surface area contributed by atoms with E-state index in [9.17, 15) is 4.79 Å². The van der Waals surface area contributed by atoms with Gasteiger partial charge in [0.15, 0.2) is 5.69 Å². The van der Waals surface area contributed by atoms with E-state index in [0.29, 0.717) is 17.8 Å². The summed E-state index contributed by atoms with van der Waals surface area (Å²) in [6.45, 7) is 4.67. The molecule has 23 heavy (non-hydrogen) atoms. The maximum Gasteiger partial charge on any atom is 0.275 e. The minimum atomic E-state index is 0.0481. The molecule has 0 saturated carbocycles. The number of carbonyl (C=O) groups excluding carboxylic acids is 1. The van der Waals surface area contributed by atoms with Crippen molar-refractivity contribution < 1.29 is 4.79 Å². The van der Waals surface area contributed by atoms with Crippen molar-refractivity contribution in [2.45, 2.75) is 38.4 Å². The van der Waals surface area contributed by atoms with E-state index in [-0.39, 0.29) is 5.91 Å². The molecule has 0 bridgehead atoms. The topological polar surface area (TPSA) is 62.2 Å². The molecule has 1 amide bonds. The number of nitrogens with zero attached hydrogens (tertiary/aromatic N) is 5. The number of aryl methyl sites for hydroxylation is 1. The number of pyridine rings is 1. The molecule has 6 nitrogen and oxygen atoms in total. The largest absolute Gasteiger partial charge is 0.333 e. The van der Waals surface area contributed by atoms with Crippen molar-refractivity contribution in [1.29, 1.82) is 0 Å². The van der Waals surface area contributed by atoms with Gasteiger partial charge in [-0.3, -0.25) is 14.7 Å². The molecule has 0 radical (unpaired) electrons. The van der Waals surface area contributed by atoms with Crippen LogP contribution in [0.4, 0.5) is 0 Å². The summed E-state index contributed by atoms with van der Waals surface area (Å²) in [6, 6.07) is 4.85. The Balaban J connectivity index is 1.48. The lowest BCUT2D eigenvalue weighted by molar-refractivity contribution is 0.0725. The van der Waals surface area contributed by atoms with E-state index in [1.165, 1.54) is 17.1 Å². The van der Waals surface area contributed by atoms with Crippen LogP contribution in [-0.4, -0.2) is 55.5 Å². The Labute approximate surface area is 139 Å². The predicted octanol–water partition coefficient (Wildman–Crippen LogP) is 1.73. The van der Waals surface area contributed by atoms with Crippen molar-refractivity contribution in [2.24, 2.45) is 0 Å². The van der Waals surface area contributed by atoms with Crippen LogP contribution in [-0.2, 0) is 6.54 Å². The maximum atomic E-state index is 12.7. The fraction of sp³-hybridized carbons (Fsp3) is 0.500. The molecule has 2 fully saturated rings. The fourth-order valence-electron chi connectivity index (χ4n) is 3.82. The van der Waals surface area contributed by atoms with Gasteiger partial charge in [-0.1, -0.05) is 10.6 Å². The number of aromatic nitrogens is 3. The highest BCUT2D eigenvalue weighted by atomic mass is 32.1. The highest BCUT2D eigenvalue weighted by Gasteiger charge is 2.44. The number of rotatable bonds is 3. The van der Waals surface area contributed by atoms with Gasteiger partial charge in [0.25, 0.3) is 5.91 Å². The molecule has 0 aliphatic carbocycles. The first-order valence-corrected chi connectivity index (χ1v) is 8.74. The maximum absolute atomic E-state index is 12.7. The zero-order valence-corrected chi connectivity index (χ0v) is 13.9. The molecular formula is C16H19N5OS. The van der Waals surface area contributed by atoms with Crippen molar-refractivity contribution in [3.05, 3.63) is 40.7 Å². The lowest BCUT2D eigenvalue weighted by Crippen LogP contribution is -2.39. The van der Waals surface area contributed by atoms with Gasteiger partial charge in [0.05, 0.1) is 4.88 Å². The van der Waals surface area contributed by atoms with Crippen molar-refractivity contribution in [2.75, 3.05) is 13.1 Å². The number of likely N-dealkylation sites (tertiary alicyclic amines) is 2. The van der Waals surface area contributed by atoms with Crippen molar-refractivity contribution in [3.63, 3.8) is 0 Å². The van der Waals surface area contributed by atoms with Crippen LogP contribution in [0.2, 0.25) is 0 Å². The van der Waals surface area contributed by atoms with Crippen molar-refractivity contribution >= 4 is 17.4 Å². The second-order valence-electron chi connectivity index (χ2n) is 6.22. The van der Waals surface area contributed by atoms with E-state index in [4.69, 9.17) is 0 Å². The minimum Gasteiger partial charge on any atom is -0.333 e. The van der Waals surface area contributed by atoms with Crippen LogP contribution < -0.4 is 0 Å². The van der Waals surface area contributed by atoms with Gasteiger partial charge < -0.3 is 4.90 Å². The number of hydrogen-bond acceptors (Lipinski definition) is 6. The van der Waals surface area contributed by atoms with Crippen LogP contribution in [0.5, 0.6) is 0 Å². The second-order valence-corrected chi connectivity index (χ2v) is 7.18. The molecule has 2 saturated heterocycles. The molecule has 4 heterocycles. The Kier molecular flexibility index (Phi) is 3.82. The number of fused-ring (bicyclic) bond motifs is 1. The van der Waals surface area contributed by atoms with E-state index in [1.54, 1.807) is 6.20 Å². The average Bonchev–Trinajstić information content (AvgIpc) is 3.25. The van der Waals surface area contributed by atoms with Crippen LogP contribution in [0.1, 0.15) is 33.8 Å². The van der Waals surface area contributed by atoms with E-state index in [2.05, 4.69) is 25.5 Å². The Morgan fingerprint density at radius 3 is 2.96 bits per heavy atom. The van der Waals surface area contributed by atoms with Crippen LogP contribution in [0.25, 0.3) is 0 Å². The molecule has 2 aromatic heterocycles. The monoisotopic (exact) mass is 329 g/mol. The summed E-state index contributed by atoms with van der Waals surface area (Å²) in [7, 11) is 0. The Hall–Kier alpha value is -1.86. The zero-order chi connectivity index (χ0) is 15.8. The Morgan fingerprint density at radius 2 is 2.22 bits per heavy atom. The normalized spacial score (nSPS) is 24.1. The van der Waals surface area contributed by atoms with Crippen molar-refractivity contribution in [1.82, 2.24) is 24.4 Å². The molecule has 2 aliphatic heterocycles. The highest BCUT2D eigenvalue weighted by Crippen LogP contribution is 2.33. The van der Waals surface area contributed by atoms with Gasteiger partial charge in [0.2, 0.25) is 0 Å². The molecule has 4 rings (SSSR count). The molecule has 2 atom stereocenters. The quantitative estimate of drug-likeness (QED) is 0.858. The molecule has 2 aliphatic rings. The van der Waals surface area contributed by atoms with E-state index in [1.807, 2.05) is 24.1 Å². The highest BCUT2D eigenvalue weighted by molar-refractivity contribution is 7.05. The summed E-state index contributed by atoms with van der Waals surface area (Å²) in [5.74, 6) is 0.0481. The first kappa shape index (κ1) is 14.7. The van der Waals surface area contributed by atoms with Gasteiger partial charge >= 0.3 is 0 Å². The second kappa shape index (κ2) is 5.98. The van der Waals surface area contributed by atoms with Crippen LogP contribution in [0.3, 0.4) is 0 Å². The molecule has 0 N–H and O–H groups in total. The lowest BCUT2D eigenvalue weighted by Gasteiger charge is -2.25. The molecule has 2 aromatic rings. The summed E-state index contributed by atoms with van der Waals surface area (Å²) in [6.07, 6.45) is 5.80. The SMILES string of the molecule is Cc1snnc1C(=O)N1CC[C@H]2[C@H]1CCN2Cc1cccnc1. The summed E-state index contributed by atoms with van der Waals surface area (Å²) >= 11 is 1.29. The predicted molar refractivity (Wildman–Crippen MR) is 87.1 cm³/mol. The smallest absolute Gasteiger partial charge is 0.275 e. The Morgan fingerprint density at radius 1 is 1.35 bits per heavy atom. The number of carbonyl (C=O) groups is 1. The summed E-state index contributed by atoms with van der Waals surface area (Å²) in [5, 5.41) is 4.02. The van der Waals surface area contributed by atoms with Crippen LogP contribution in [0.15, 0.2) is 24.5 Å². The van der Waals surface area contributed by atoms with E-state index >= 15 is 0 Å². The van der Waals surface area contributed by atoms with E-state index < -0.39 is 0 Å². The Bertz CT molecular complexity index is 704. The molecular weight excluding hydrogens is 310 g/mol. The first-order chi connectivity index (χ1) is 11.2. The van der Waals surface area contributed by atoms with Gasteiger partial charge in [0, 0.05) is 44.1 Å².